The van der Waals surface area contributed by atoms with Crippen molar-refractivity contribution < 1.29 is 13.2 Å². The van der Waals surface area contributed by atoms with E-state index >= 15 is 0 Å². The maximum absolute atomic E-state index is 12.3. The van der Waals surface area contributed by atoms with Crippen LogP contribution in [-0.2, 0) is 6.18 Å². The second-order valence-electron chi connectivity index (χ2n) is 3.56. The maximum Gasteiger partial charge on any atom is 0.433 e. The van der Waals surface area contributed by atoms with E-state index < -0.39 is 11.9 Å². The highest BCUT2D eigenvalue weighted by Crippen LogP contribution is 2.29. The fraction of sp³-hybridized carbons (Fsp3) is 0.0833. The maximum atomic E-state index is 12.3. The molecule has 1 heterocycles. The molecule has 0 fully saturated rings. The third-order valence-corrected chi connectivity index (χ3v) is 2.27. The molecule has 0 aliphatic carbocycles. The number of benzene rings is 1. The Morgan fingerprint density at radius 1 is 1.00 bits per heavy atom. The molecule has 0 amide bonds. The first-order valence-electron chi connectivity index (χ1n) is 4.86. The fourth-order valence-corrected chi connectivity index (χ4v) is 1.45. The Kier molecular flexibility index (Phi) is 2.75. The summed E-state index contributed by atoms with van der Waals surface area (Å²) < 4.78 is 36.9. The first-order chi connectivity index (χ1) is 7.97. The summed E-state index contributed by atoms with van der Waals surface area (Å²) in [5, 5.41) is 0. The molecule has 0 atom stereocenters. The van der Waals surface area contributed by atoms with Gasteiger partial charge in [0.05, 0.1) is 0 Å². The molecule has 5 heteroatoms. The lowest BCUT2D eigenvalue weighted by atomic mass is 10.1. The zero-order valence-electron chi connectivity index (χ0n) is 8.70. The zero-order chi connectivity index (χ0) is 12.5. The van der Waals surface area contributed by atoms with E-state index in [0.29, 0.717) is 11.3 Å². The van der Waals surface area contributed by atoms with Crippen molar-refractivity contribution in [2.75, 3.05) is 5.73 Å². The highest BCUT2D eigenvalue weighted by molar-refractivity contribution is 5.66. The van der Waals surface area contributed by atoms with E-state index in [9.17, 15) is 13.2 Å². The molecular formula is C12H9F3N2. The van der Waals surface area contributed by atoms with Gasteiger partial charge >= 0.3 is 6.18 Å². The molecular weight excluding hydrogens is 229 g/mol. The lowest BCUT2D eigenvalue weighted by molar-refractivity contribution is -0.141. The van der Waals surface area contributed by atoms with Gasteiger partial charge < -0.3 is 5.73 Å². The number of alkyl halides is 3. The fourth-order valence-electron chi connectivity index (χ4n) is 1.45. The topological polar surface area (TPSA) is 38.9 Å². The summed E-state index contributed by atoms with van der Waals surface area (Å²) >= 11 is 0. The molecule has 17 heavy (non-hydrogen) atoms. The van der Waals surface area contributed by atoms with Crippen LogP contribution in [0.3, 0.4) is 0 Å². The highest BCUT2D eigenvalue weighted by Gasteiger charge is 2.31. The molecule has 0 saturated carbocycles. The van der Waals surface area contributed by atoms with Crippen molar-refractivity contribution in [3.05, 3.63) is 48.3 Å². The number of nitrogen functional groups attached to an aromatic ring is 1. The molecule has 88 valence electrons. The SMILES string of the molecule is Nc1cccc(-c2ccc(C(F)(F)F)nc2)c1. The Bertz CT molecular complexity index is 518. The van der Waals surface area contributed by atoms with E-state index in [0.717, 1.165) is 11.6 Å². The molecule has 2 nitrogen and oxygen atoms in total. The smallest absolute Gasteiger partial charge is 0.399 e. The second kappa shape index (κ2) is 4.08. The summed E-state index contributed by atoms with van der Waals surface area (Å²) in [6, 6.07) is 9.23. The third-order valence-electron chi connectivity index (χ3n) is 2.27. The van der Waals surface area contributed by atoms with E-state index in [1.165, 1.54) is 12.3 Å². The van der Waals surface area contributed by atoms with Crippen molar-refractivity contribution >= 4 is 5.69 Å². The van der Waals surface area contributed by atoms with E-state index in [4.69, 9.17) is 5.73 Å². The number of pyridine rings is 1. The van der Waals surface area contributed by atoms with Crippen molar-refractivity contribution in [3.63, 3.8) is 0 Å². The van der Waals surface area contributed by atoms with Crippen LogP contribution in [0, 0.1) is 0 Å². The van der Waals surface area contributed by atoms with Gasteiger partial charge in [0, 0.05) is 17.4 Å². The second-order valence-corrected chi connectivity index (χ2v) is 3.56. The predicted octanol–water partition coefficient (Wildman–Crippen LogP) is 3.35. The van der Waals surface area contributed by atoms with E-state index in [1.54, 1.807) is 24.3 Å². The lowest BCUT2D eigenvalue weighted by Gasteiger charge is -2.07. The zero-order valence-corrected chi connectivity index (χ0v) is 8.70. The number of nitrogens with zero attached hydrogens (tertiary/aromatic N) is 1. The van der Waals surface area contributed by atoms with Crippen molar-refractivity contribution in [1.29, 1.82) is 0 Å². The normalized spacial score (nSPS) is 11.5. The number of aromatic nitrogens is 1. The molecule has 0 spiro atoms. The van der Waals surface area contributed by atoms with Crippen LogP contribution in [0.4, 0.5) is 18.9 Å². The number of hydrogen-bond donors (Lipinski definition) is 1. The Morgan fingerprint density at radius 2 is 1.76 bits per heavy atom. The van der Waals surface area contributed by atoms with E-state index in [-0.39, 0.29) is 0 Å². The van der Waals surface area contributed by atoms with Crippen LogP contribution in [0.2, 0.25) is 0 Å². The molecule has 1 aromatic carbocycles. The van der Waals surface area contributed by atoms with E-state index in [2.05, 4.69) is 4.98 Å². The Morgan fingerprint density at radius 3 is 2.29 bits per heavy atom. The minimum atomic E-state index is -4.41. The average molecular weight is 238 g/mol. The molecule has 2 rings (SSSR count). The minimum Gasteiger partial charge on any atom is -0.399 e. The van der Waals surface area contributed by atoms with Crippen LogP contribution >= 0.6 is 0 Å². The van der Waals surface area contributed by atoms with Gasteiger partial charge in [0.2, 0.25) is 0 Å². The third kappa shape index (κ3) is 2.55. The van der Waals surface area contributed by atoms with Crippen LogP contribution in [0.15, 0.2) is 42.6 Å². The van der Waals surface area contributed by atoms with Gasteiger partial charge in [-0.1, -0.05) is 18.2 Å². The van der Waals surface area contributed by atoms with Crippen LogP contribution in [0.1, 0.15) is 5.69 Å². The van der Waals surface area contributed by atoms with Crippen molar-refractivity contribution in [2.45, 2.75) is 6.18 Å². The molecule has 0 bridgehead atoms. The summed E-state index contributed by atoms with van der Waals surface area (Å²) in [6.07, 6.45) is -3.22. The van der Waals surface area contributed by atoms with Crippen molar-refractivity contribution in [1.82, 2.24) is 4.98 Å². The van der Waals surface area contributed by atoms with Gasteiger partial charge in [-0.05, 0) is 23.8 Å². The number of nitrogens with two attached hydrogens (primary N) is 1. The van der Waals surface area contributed by atoms with Gasteiger partial charge in [-0.25, -0.2) is 0 Å². The van der Waals surface area contributed by atoms with Gasteiger partial charge in [0.25, 0.3) is 0 Å². The number of halogens is 3. The monoisotopic (exact) mass is 238 g/mol. The van der Waals surface area contributed by atoms with Gasteiger partial charge in [0.15, 0.2) is 0 Å². The number of anilines is 1. The first-order valence-corrected chi connectivity index (χ1v) is 4.86. The molecule has 2 N–H and O–H groups in total. The number of rotatable bonds is 1. The summed E-state index contributed by atoms with van der Waals surface area (Å²) in [5.41, 5.74) is 6.60. The highest BCUT2D eigenvalue weighted by atomic mass is 19.4. The molecule has 0 radical (unpaired) electrons. The largest absolute Gasteiger partial charge is 0.433 e. The molecule has 1 aromatic heterocycles. The van der Waals surface area contributed by atoms with Gasteiger partial charge in [-0.15, -0.1) is 0 Å². The predicted molar refractivity (Wildman–Crippen MR) is 59.1 cm³/mol. The van der Waals surface area contributed by atoms with Crippen LogP contribution < -0.4 is 5.73 Å². The standard InChI is InChI=1S/C12H9F3N2/c13-12(14,15)11-5-4-9(7-17-11)8-2-1-3-10(16)6-8/h1-7H,16H2. The molecule has 0 aliphatic heterocycles. The molecule has 0 saturated heterocycles. The number of hydrogen-bond acceptors (Lipinski definition) is 2. The minimum absolute atomic E-state index is 0.558. The van der Waals surface area contributed by atoms with Gasteiger partial charge in [-0.3, -0.25) is 4.98 Å². The summed E-state index contributed by atoms with van der Waals surface area (Å²) in [7, 11) is 0. The molecule has 0 unspecified atom stereocenters. The summed E-state index contributed by atoms with van der Waals surface area (Å²) in [4.78, 5) is 3.39. The Balaban J connectivity index is 2.36. The summed E-state index contributed by atoms with van der Waals surface area (Å²) in [5.74, 6) is 0. The van der Waals surface area contributed by atoms with Crippen LogP contribution in [0.25, 0.3) is 11.1 Å². The van der Waals surface area contributed by atoms with Gasteiger partial charge in [-0.2, -0.15) is 13.2 Å². The van der Waals surface area contributed by atoms with Crippen molar-refractivity contribution in [3.8, 4) is 11.1 Å². The van der Waals surface area contributed by atoms with Crippen molar-refractivity contribution in [2.24, 2.45) is 0 Å². The molecule has 0 aliphatic rings. The Labute approximate surface area is 95.9 Å². The Hall–Kier alpha value is -2.04. The van der Waals surface area contributed by atoms with Gasteiger partial charge in [0.1, 0.15) is 5.69 Å². The van der Waals surface area contributed by atoms with Crippen LogP contribution in [-0.4, -0.2) is 4.98 Å². The van der Waals surface area contributed by atoms with Crippen LogP contribution in [0.5, 0.6) is 0 Å². The quantitative estimate of drug-likeness (QED) is 0.774. The van der Waals surface area contributed by atoms with E-state index in [1.807, 2.05) is 0 Å². The summed E-state index contributed by atoms with van der Waals surface area (Å²) in [6.45, 7) is 0. The first kappa shape index (κ1) is 11.4. The average Bonchev–Trinajstić information content (AvgIpc) is 2.28. The lowest BCUT2D eigenvalue weighted by Crippen LogP contribution is -2.07. The molecule has 2 aromatic rings.